The predicted octanol–water partition coefficient (Wildman–Crippen LogP) is 2.92. The lowest BCUT2D eigenvalue weighted by Gasteiger charge is -2.18. The zero-order valence-corrected chi connectivity index (χ0v) is 20.4. The number of carbonyl (C=O) groups excluding carboxylic acids is 1. The Morgan fingerprint density at radius 2 is 2.00 bits per heavy atom. The molecule has 2 N–H and O–H groups in total. The van der Waals surface area contributed by atoms with Gasteiger partial charge in [-0.25, -0.2) is 0 Å². The van der Waals surface area contributed by atoms with E-state index in [-0.39, 0.29) is 29.9 Å². The van der Waals surface area contributed by atoms with Gasteiger partial charge in [-0.1, -0.05) is 44.2 Å². The van der Waals surface area contributed by atoms with Crippen LogP contribution in [-0.4, -0.2) is 63.2 Å². The Morgan fingerprint density at radius 1 is 1.24 bits per heavy atom. The molecule has 1 saturated heterocycles. The topological polar surface area (TPSA) is 66.0 Å². The van der Waals surface area contributed by atoms with Crippen LogP contribution < -0.4 is 10.6 Å². The van der Waals surface area contributed by atoms with E-state index in [2.05, 4.69) is 41.6 Å². The van der Waals surface area contributed by atoms with E-state index in [0.29, 0.717) is 24.9 Å². The average molecular weight is 516 g/mol. The van der Waals surface area contributed by atoms with Gasteiger partial charge in [0.2, 0.25) is 5.91 Å². The quantitative estimate of drug-likeness (QED) is 0.206. The highest BCUT2D eigenvalue weighted by Gasteiger charge is 2.29. The number of halogens is 1. The van der Waals surface area contributed by atoms with Crippen molar-refractivity contribution < 1.29 is 9.53 Å². The van der Waals surface area contributed by atoms with E-state index in [0.717, 1.165) is 51.6 Å². The van der Waals surface area contributed by atoms with E-state index in [1.165, 1.54) is 5.56 Å². The molecule has 1 atom stereocenters. The van der Waals surface area contributed by atoms with Crippen LogP contribution in [0.1, 0.15) is 32.3 Å². The van der Waals surface area contributed by atoms with Gasteiger partial charge >= 0.3 is 0 Å². The maximum atomic E-state index is 12.3. The number of nitrogens with zero attached hydrogens (tertiary/aromatic N) is 2. The number of rotatable bonds is 11. The standard InChI is InChI=1S/C22H36N4O2.HI/c1-18(2)10-13-28-14-11-24-22(23-3)25-16-20-15-21(27)26(17-20)12-9-19-7-5-4-6-8-19;/h4-8,18,20H,9-17H2,1-3H3,(H2,23,24,25);1H. The van der Waals surface area contributed by atoms with Crippen LogP contribution in [0.25, 0.3) is 0 Å². The maximum Gasteiger partial charge on any atom is 0.223 e. The number of aliphatic imine (C=N–C) groups is 1. The molecule has 29 heavy (non-hydrogen) atoms. The molecule has 6 nitrogen and oxygen atoms in total. The number of likely N-dealkylation sites (tertiary alicyclic amines) is 1. The zero-order valence-electron chi connectivity index (χ0n) is 18.0. The number of guanidine groups is 1. The molecule has 2 rings (SSSR count). The van der Waals surface area contributed by atoms with Gasteiger partial charge in [-0.05, 0) is 24.3 Å². The van der Waals surface area contributed by atoms with Gasteiger partial charge in [0.05, 0.1) is 6.61 Å². The Morgan fingerprint density at radius 3 is 2.69 bits per heavy atom. The largest absolute Gasteiger partial charge is 0.380 e. The highest BCUT2D eigenvalue weighted by Crippen LogP contribution is 2.17. The zero-order chi connectivity index (χ0) is 20.2. The number of amides is 1. The number of hydrogen-bond acceptors (Lipinski definition) is 3. The fourth-order valence-corrected chi connectivity index (χ4v) is 3.24. The van der Waals surface area contributed by atoms with Crippen molar-refractivity contribution in [3.05, 3.63) is 35.9 Å². The van der Waals surface area contributed by atoms with Crippen molar-refractivity contribution in [2.45, 2.75) is 33.1 Å². The molecule has 1 aromatic rings. The molecule has 1 aliphatic heterocycles. The van der Waals surface area contributed by atoms with Crippen LogP contribution >= 0.6 is 24.0 Å². The first kappa shape index (κ1) is 25.7. The summed E-state index contributed by atoms with van der Waals surface area (Å²) in [5, 5.41) is 6.61. The van der Waals surface area contributed by atoms with Crippen LogP contribution in [-0.2, 0) is 16.0 Å². The van der Waals surface area contributed by atoms with Gasteiger partial charge in [0, 0.05) is 52.2 Å². The Labute approximate surface area is 192 Å². The monoisotopic (exact) mass is 516 g/mol. The molecule has 0 bridgehead atoms. The Hall–Kier alpha value is -1.35. The summed E-state index contributed by atoms with van der Waals surface area (Å²) in [7, 11) is 1.76. The summed E-state index contributed by atoms with van der Waals surface area (Å²) < 4.78 is 5.61. The van der Waals surface area contributed by atoms with Crippen LogP contribution in [0.4, 0.5) is 0 Å². The SMILES string of the molecule is CN=C(NCCOCCC(C)C)NCC1CC(=O)N(CCc2ccccc2)C1.I. The highest BCUT2D eigenvalue weighted by atomic mass is 127. The van der Waals surface area contributed by atoms with Crippen molar-refractivity contribution in [3.8, 4) is 0 Å². The Balaban J connectivity index is 0.00000420. The van der Waals surface area contributed by atoms with E-state index >= 15 is 0 Å². The fraction of sp³-hybridized carbons (Fsp3) is 0.636. The molecule has 1 unspecified atom stereocenters. The van der Waals surface area contributed by atoms with E-state index in [9.17, 15) is 4.79 Å². The first-order valence-electron chi connectivity index (χ1n) is 10.4. The summed E-state index contributed by atoms with van der Waals surface area (Å²) in [5.41, 5.74) is 1.28. The van der Waals surface area contributed by atoms with Crippen molar-refractivity contribution in [1.82, 2.24) is 15.5 Å². The summed E-state index contributed by atoms with van der Waals surface area (Å²) in [6, 6.07) is 10.3. The first-order chi connectivity index (χ1) is 13.6. The van der Waals surface area contributed by atoms with E-state index in [1.807, 2.05) is 23.1 Å². The maximum absolute atomic E-state index is 12.3. The van der Waals surface area contributed by atoms with Gasteiger partial charge in [0.15, 0.2) is 5.96 Å². The van der Waals surface area contributed by atoms with E-state index in [4.69, 9.17) is 4.74 Å². The molecule has 1 heterocycles. The third kappa shape index (κ3) is 10.3. The molecular weight excluding hydrogens is 479 g/mol. The van der Waals surface area contributed by atoms with Gasteiger partial charge in [0.1, 0.15) is 0 Å². The van der Waals surface area contributed by atoms with Crippen LogP contribution in [0.3, 0.4) is 0 Å². The molecule has 7 heteroatoms. The summed E-state index contributed by atoms with van der Waals surface area (Å²) in [6.45, 7) is 8.95. The summed E-state index contributed by atoms with van der Waals surface area (Å²) in [5.74, 6) is 2.01. The predicted molar refractivity (Wildman–Crippen MR) is 130 cm³/mol. The second kappa shape index (κ2) is 14.6. The molecule has 1 amide bonds. The fourth-order valence-electron chi connectivity index (χ4n) is 3.24. The van der Waals surface area contributed by atoms with Crippen molar-refractivity contribution in [2.75, 3.05) is 46.4 Å². The number of ether oxygens (including phenoxy) is 1. The second-order valence-corrected chi connectivity index (χ2v) is 7.82. The van der Waals surface area contributed by atoms with Gasteiger partial charge in [-0.2, -0.15) is 0 Å². The number of nitrogens with one attached hydrogen (secondary N) is 2. The van der Waals surface area contributed by atoms with Crippen molar-refractivity contribution in [1.29, 1.82) is 0 Å². The highest BCUT2D eigenvalue weighted by molar-refractivity contribution is 14.0. The molecule has 0 aliphatic carbocycles. The molecule has 1 fully saturated rings. The first-order valence-corrected chi connectivity index (χ1v) is 10.4. The molecular formula is C22H37IN4O2. The number of benzene rings is 1. The summed E-state index contributed by atoms with van der Waals surface area (Å²) >= 11 is 0. The molecule has 0 spiro atoms. The van der Waals surface area contributed by atoms with Crippen molar-refractivity contribution in [3.63, 3.8) is 0 Å². The van der Waals surface area contributed by atoms with E-state index in [1.54, 1.807) is 7.05 Å². The van der Waals surface area contributed by atoms with Gasteiger partial charge in [-0.15, -0.1) is 24.0 Å². The second-order valence-electron chi connectivity index (χ2n) is 7.82. The number of hydrogen-bond donors (Lipinski definition) is 2. The van der Waals surface area contributed by atoms with E-state index < -0.39 is 0 Å². The molecule has 1 aliphatic rings. The molecule has 164 valence electrons. The van der Waals surface area contributed by atoms with Crippen molar-refractivity contribution >= 4 is 35.8 Å². The average Bonchev–Trinajstić information content (AvgIpc) is 3.05. The molecule has 0 saturated carbocycles. The molecule has 1 aromatic carbocycles. The van der Waals surface area contributed by atoms with Crippen LogP contribution in [0.2, 0.25) is 0 Å². The Bertz CT molecular complexity index is 610. The lowest BCUT2D eigenvalue weighted by atomic mass is 10.1. The molecule has 0 radical (unpaired) electrons. The van der Waals surface area contributed by atoms with Crippen molar-refractivity contribution in [2.24, 2.45) is 16.8 Å². The minimum Gasteiger partial charge on any atom is -0.380 e. The van der Waals surface area contributed by atoms with Gasteiger partial charge < -0.3 is 20.3 Å². The lowest BCUT2D eigenvalue weighted by molar-refractivity contribution is -0.127. The minimum absolute atomic E-state index is 0. The third-order valence-corrected chi connectivity index (χ3v) is 4.97. The van der Waals surface area contributed by atoms with Gasteiger partial charge in [-0.3, -0.25) is 9.79 Å². The minimum atomic E-state index is 0. The van der Waals surface area contributed by atoms with Crippen LogP contribution in [0.5, 0.6) is 0 Å². The van der Waals surface area contributed by atoms with Crippen LogP contribution in [0.15, 0.2) is 35.3 Å². The number of carbonyl (C=O) groups is 1. The lowest BCUT2D eigenvalue weighted by Crippen LogP contribution is -2.41. The van der Waals surface area contributed by atoms with Crippen LogP contribution in [0, 0.1) is 11.8 Å². The normalized spacial score (nSPS) is 16.8. The Kier molecular flexibility index (Phi) is 12.9. The smallest absolute Gasteiger partial charge is 0.223 e. The van der Waals surface area contributed by atoms with Gasteiger partial charge in [0.25, 0.3) is 0 Å². The molecule has 0 aromatic heterocycles. The summed E-state index contributed by atoms with van der Waals surface area (Å²) in [4.78, 5) is 18.5. The summed E-state index contributed by atoms with van der Waals surface area (Å²) in [6.07, 6.45) is 2.60. The third-order valence-electron chi connectivity index (χ3n) is 4.97.